The van der Waals surface area contributed by atoms with E-state index >= 15 is 0 Å². The van der Waals surface area contributed by atoms with E-state index in [1.54, 1.807) is 0 Å². The summed E-state index contributed by atoms with van der Waals surface area (Å²) in [4.78, 5) is 23.7. The van der Waals surface area contributed by atoms with Crippen LogP contribution in [-0.4, -0.2) is 60.5 Å². The largest absolute Gasteiger partial charge is 0.467 e. The highest BCUT2D eigenvalue weighted by atomic mass is 35.5. The lowest BCUT2D eigenvalue weighted by molar-refractivity contribution is -0.141. The molecule has 0 radical (unpaired) electrons. The SMILES string of the molecule is COC(=O)C(CCS(C)(=O)=O)Nc1nc(Cl)nc(NC(C)C)n1. The molecule has 130 valence electrons. The van der Waals surface area contributed by atoms with Crippen LogP contribution in [0.2, 0.25) is 5.28 Å². The third kappa shape index (κ3) is 7.42. The fourth-order valence-corrected chi connectivity index (χ4v) is 2.44. The second-order valence-electron chi connectivity index (χ2n) is 5.19. The fourth-order valence-electron chi connectivity index (χ4n) is 1.62. The number of sulfone groups is 1. The van der Waals surface area contributed by atoms with Gasteiger partial charge in [-0.3, -0.25) is 0 Å². The van der Waals surface area contributed by atoms with Gasteiger partial charge in [-0.05, 0) is 31.9 Å². The number of halogens is 1. The molecule has 0 aromatic carbocycles. The second-order valence-corrected chi connectivity index (χ2v) is 7.79. The highest BCUT2D eigenvalue weighted by Gasteiger charge is 2.22. The quantitative estimate of drug-likeness (QED) is 0.641. The van der Waals surface area contributed by atoms with Crippen LogP contribution < -0.4 is 10.6 Å². The van der Waals surface area contributed by atoms with Gasteiger partial charge in [0.25, 0.3) is 0 Å². The average Bonchev–Trinajstić information content (AvgIpc) is 2.40. The molecule has 1 unspecified atom stereocenters. The number of ether oxygens (including phenoxy) is 1. The molecule has 1 heterocycles. The van der Waals surface area contributed by atoms with E-state index in [1.807, 2.05) is 13.8 Å². The zero-order valence-electron chi connectivity index (χ0n) is 13.3. The van der Waals surface area contributed by atoms with E-state index in [-0.39, 0.29) is 35.4 Å². The molecular weight excluding hydrogens is 346 g/mol. The molecule has 9 nitrogen and oxygen atoms in total. The zero-order chi connectivity index (χ0) is 17.6. The molecule has 0 amide bonds. The van der Waals surface area contributed by atoms with Crippen LogP contribution in [0.15, 0.2) is 0 Å². The maximum absolute atomic E-state index is 11.8. The van der Waals surface area contributed by atoms with Gasteiger partial charge in [0, 0.05) is 12.3 Å². The fraction of sp³-hybridized carbons (Fsp3) is 0.667. The van der Waals surface area contributed by atoms with Crippen LogP contribution in [0.4, 0.5) is 11.9 Å². The van der Waals surface area contributed by atoms with Crippen LogP contribution in [0, 0.1) is 0 Å². The van der Waals surface area contributed by atoms with Crippen molar-refractivity contribution < 1.29 is 17.9 Å². The van der Waals surface area contributed by atoms with E-state index in [0.717, 1.165) is 6.26 Å². The van der Waals surface area contributed by atoms with Crippen LogP contribution >= 0.6 is 11.6 Å². The molecule has 1 rings (SSSR count). The number of rotatable bonds is 8. The summed E-state index contributed by atoms with van der Waals surface area (Å²) in [6.45, 7) is 3.79. The summed E-state index contributed by atoms with van der Waals surface area (Å²) >= 11 is 5.83. The second kappa shape index (κ2) is 8.25. The maximum atomic E-state index is 11.8. The standard InChI is InChI=1S/C12H20ClN5O4S/c1-7(2)14-11-16-10(13)17-12(18-11)15-8(9(19)22-3)5-6-23(4,20)21/h7-8H,5-6H2,1-4H3,(H2,14,15,16,17,18). The first-order valence-electron chi connectivity index (χ1n) is 6.81. The topological polar surface area (TPSA) is 123 Å². The van der Waals surface area contributed by atoms with Gasteiger partial charge >= 0.3 is 5.97 Å². The Bertz CT molecular complexity index is 653. The minimum absolute atomic E-state index is 0.0156. The molecule has 0 fully saturated rings. The Kier molecular flexibility index (Phi) is 6.95. The van der Waals surface area contributed by atoms with Crippen molar-refractivity contribution in [1.82, 2.24) is 15.0 Å². The number of nitrogens with one attached hydrogen (secondary N) is 2. The predicted octanol–water partition coefficient (Wildman–Crippen LogP) is 0.733. The molecule has 1 atom stereocenters. The Morgan fingerprint density at radius 3 is 2.26 bits per heavy atom. The van der Waals surface area contributed by atoms with E-state index in [0.29, 0.717) is 0 Å². The minimum atomic E-state index is -3.22. The monoisotopic (exact) mass is 365 g/mol. The third-order valence-corrected chi connectivity index (χ3v) is 3.74. The lowest BCUT2D eigenvalue weighted by Crippen LogP contribution is -2.33. The van der Waals surface area contributed by atoms with Crippen molar-refractivity contribution in [1.29, 1.82) is 0 Å². The number of nitrogens with zero attached hydrogens (tertiary/aromatic N) is 3. The maximum Gasteiger partial charge on any atom is 0.328 e. The van der Waals surface area contributed by atoms with Gasteiger partial charge in [0.15, 0.2) is 0 Å². The van der Waals surface area contributed by atoms with Crippen molar-refractivity contribution in [2.45, 2.75) is 32.4 Å². The van der Waals surface area contributed by atoms with E-state index < -0.39 is 21.8 Å². The van der Waals surface area contributed by atoms with Crippen molar-refractivity contribution in [3.05, 3.63) is 5.28 Å². The molecule has 0 saturated heterocycles. The molecule has 0 bridgehead atoms. The zero-order valence-corrected chi connectivity index (χ0v) is 14.9. The van der Waals surface area contributed by atoms with Crippen LogP contribution in [0.1, 0.15) is 20.3 Å². The Hall–Kier alpha value is -1.68. The van der Waals surface area contributed by atoms with E-state index in [9.17, 15) is 13.2 Å². The van der Waals surface area contributed by atoms with Gasteiger partial charge in [0.1, 0.15) is 15.9 Å². The number of carbonyl (C=O) groups excluding carboxylic acids is 1. The van der Waals surface area contributed by atoms with Gasteiger partial charge < -0.3 is 15.4 Å². The number of aromatic nitrogens is 3. The van der Waals surface area contributed by atoms with Crippen molar-refractivity contribution in [3.63, 3.8) is 0 Å². The first-order valence-corrected chi connectivity index (χ1v) is 9.24. The summed E-state index contributed by atoms with van der Waals surface area (Å²) in [6, 6.07) is -0.844. The lowest BCUT2D eigenvalue weighted by Gasteiger charge is -2.16. The van der Waals surface area contributed by atoms with Gasteiger partial charge in [-0.25, -0.2) is 13.2 Å². The smallest absolute Gasteiger partial charge is 0.328 e. The Labute approximate surface area is 140 Å². The van der Waals surface area contributed by atoms with Crippen LogP contribution in [0.25, 0.3) is 0 Å². The number of esters is 1. The lowest BCUT2D eigenvalue weighted by atomic mass is 10.2. The summed E-state index contributed by atoms with van der Waals surface area (Å²) in [7, 11) is -2.01. The summed E-state index contributed by atoms with van der Waals surface area (Å²) < 4.78 is 27.2. The number of methoxy groups -OCH3 is 1. The van der Waals surface area contributed by atoms with Gasteiger partial charge in [0.05, 0.1) is 12.9 Å². The highest BCUT2D eigenvalue weighted by molar-refractivity contribution is 7.90. The van der Waals surface area contributed by atoms with Crippen molar-refractivity contribution in [2.75, 3.05) is 29.8 Å². The molecule has 0 aliphatic heterocycles. The summed E-state index contributed by atoms with van der Waals surface area (Å²) in [6.07, 6.45) is 1.10. The normalized spacial score (nSPS) is 12.8. The van der Waals surface area contributed by atoms with Crippen molar-refractivity contribution >= 4 is 39.3 Å². The molecule has 1 aromatic rings. The summed E-state index contributed by atoms with van der Waals surface area (Å²) in [5.74, 6) is -0.509. The van der Waals surface area contributed by atoms with Gasteiger partial charge in [-0.15, -0.1) is 0 Å². The van der Waals surface area contributed by atoms with E-state index in [1.165, 1.54) is 7.11 Å². The number of carbonyl (C=O) groups is 1. The third-order valence-electron chi connectivity index (χ3n) is 2.59. The summed E-state index contributed by atoms with van der Waals surface area (Å²) in [5.41, 5.74) is 0. The predicted molar refractivity (Wildman–Crippen MR) is 87.4 cm³/mol. The minimum Gasteiger partial charge on any atom is -0.467 e. The molecule has 11 heteroatoms. The molecule has 1 aromatic heterocycles. The van der Waals surface area contributed by atoms with Crippen LogP contribution in [-0.2, 0) is 19.4 Å². The number of hydrogen-bond acceptors (Lipinski definition) is 9. The molecule has 0 saturated carbocycles. The van der Waals surface area contributed by atoms with Crippen LogP contribution in [0.5, 0.6) is 0 Å². The average molecular weight is 366 g/mol. The molecule has 2 N–H and O–H groups in total. The van der Waals surface area contributed by atoms with Gasteiger partial charge in [-0.1, -0.05) is 0 Å². The van der Waals surface area contributed by atoms with E-state index in [2.05, 4.69) is 30.3 Å². The van der Waals surface area contributed by atoms with Crippen LogP contribution in [0.3, 0.4) is 0 Å². The van der Waals surface area contributed by atoms with Crippen molar-refractivity contribution in [3.8, 4) is 0 Å². The first kappa shape index (κ1) is 19.4. The number of anilines is 2. The van der Waals surface area contributed by atoms with E-state index in [4.69, 9.17) is 11.6 Å². The molecular formula is C12H20ClN5O4S. The first-order chi connectivity index (χ1) is 10.6. The molecule has 0 aliphatic carbocycles. The molecule has 23 heavy (non-hydrogen) atoms. The van der Waals surface area contributed by atoms with Gasteiger partial charge in [0.2, 0.25) is 17.2 Å². The molecule has 0 aliphatic rings. The van der Waals surface area contributed by atoms with Gasteiger partial charge in [-0.2, -0.15) is 15.0 Å². The van der Waals surface area contributed by atoms with Crippen molar-refractivity contribution in [2.24, 2.45) is 0 Å². The Balaban J connectivity index is 2.94. The Morgan fingerprint density at radius 2 is 1.78 bits per heavy atom. The Morgan fingerprint density at radius 1 is 1.22 bits per heavy atom. The number of hydrogen-bond donors (Lipinski definition) is 2. The highest BCUT2D eigenvalue weighted by Crippen LogP contribution is 2.13. The summed E-state index contributed by atoms with van der Waals surface area (Å²) in [5, 5.41) is 5.63. The molecule has 0 spiro atoms.